The molecule has 1 aliphatic heterocycles. The minimum Gasteiger partial charge on any atom is -0.493 e. The Labute approximate surface area is 177 Å². The van der Waals surface area contributed by atoms with Gasteiger partial charge in [-0.15, -0.1) is 0 Å². The van der Waals surface area contributed by atoms with Crippen LogP contribution in [0, 0.1) is 6.92 Å². The molecular weight excluding hydrogens is 412 g/mol. The van der Waals surface area contributed by atoms with Crippen LogP contribution in [0.5, 0.6) is 17.2 Å². The molecule has 4 amide bonds. The number of methoxy groups -OCH3 is 1. The van der Waals surface area contributed by atoms with E-state index >= 15 is 0 Å². The van der Waals surface area contributed by atoms with Crippen molar-refractivity contribution < 1.29 is 28.6 Å². The van der Waals surface area contributed by atoms with Crippen molar-refractivity contribution in [2.24, 2.45) is 0 Å². The fourth-order valence-electron chi connectivity index (χ4n) is 2.67. The van der Waals surface area contributed by atoms with Gasteiger partial charge in [-0.2, -0.15) is 0 Å². The molecule has 9 heteroatoms. The van der Waals surface area contributed by atoms with E-state index in [0.29, 0.717) is 23.7 Å². The largest absolute Gasteiger partial charge is 0.493 e. The average Bonchev–Trinajstić information content (AvgIpc) is 2.70. The molecule has 0 spiro atoms. The molecule has 8 nitrogen and oxygen atoms in total. The quantitative estimate of drug-likeness (QED) is 0.398. The van der Waals surface area contributed by atoms with Gasteiger partial charge < -0.3 is 14.2 Å². The van der Waals surface area contributed by atoms with Gasteiger partial charge in [0, 0.05) is 0 Å². The highest BCUT2D eigenvalue weighted by atomic mass is 35.5. The van der Waals surface area contributed by atoms with Crippen molar-refractivity contribution in [2.75, 3.05) is 20.3 Å². The van der Waals surface area contributed by atoms with E-state index in [0.717, 1.165) is 11.3 Å². The highest BCUT2D eigenvalue weighted by Gasteiger charge is 2.27. The number of barbiturate groups is 1. The summed E-state index contributed by atoms with van der Waals surface area (Å²) in [6.07, 6.45) is 1.30. The summed E-state index contributed by atoms with van der Waals surface area (Å²) in [6, 6.07) is 9.86. The smallest absolute Gasteiger partial charge is 0.328 e. The molecule has 0 atom stereocenters. The van der Waals surface area contributed by atoms with Crippen molar-refractivity contribution in [1.82, 2.24) is 10.6 Å². The molecule has 0 bridgehead atoms. The first-order chi connectivity index (χ1) is 14.4. The van der Waals surface area contributed by atoms with Crippen LogP contribution in [0.4, 0.5) is 4.79 Å². The van der Waals surface area contributed by atoms with E-state index in [2.05, 4.69) is 0 Å². The molecule has 0 saturated carbocycles. The Morgan fingerprint density at radius 3 is 2.23 bits per heavy atom. The number of hydrogen-bond donors (Lipinski definition) is 2. The van der Waals surface area contributed by atoms with E-state index in [1.165, 1.54) is 19.3 Å². The Balaban J connectivity index is 1.70. The SMILES string of the molecule is COc1cc(C=C2C(=O)NC(=O)NC2=O)cc(Cl)c1OCCOc1ccc(C)cc1. The second-order valence-electron chi connectivity index (χ2n) is 6.34. The zero-order valence-corrected chi connectivity index (χ0v) is 17.0. The Morgan fingerprint density at radius 1 is 0.967 bits per heavy atom. The number of amides is 4. The van der Waals surface area contributed by atoms with Crippen molar-refractivity contribution in [2.45, 2.75) is 6.92 Å². The molecule has 3 rings (SSSR count). The molecule has 0 aromatic heterocycles. The summed E-state index contributed by atoms with van der Waals surface area (Å²) in [5, 5.41) is 4.24. The summed E-state index contributed by atoms with van der Waals surface area (Å²) in [7, 11) is 1.44. The number of carbonyl (C=O) groups excluding carboxylic acids is 3. The number of carbonyl (C=O) groups is 3. The Morgan fingerprint density at radius 2 is 1.60 bits per heavy atom. The summed E-state index contributed by atoms with van der Waals surface area (Å²) in [5.74, 6) is -0.245. The van der Waals surface area contributed by atoms with Crippen LogP contribution < -0.4 is 24.8 Å². The second-order valence-corrected chi connectivity index (χ2v) is 6.75. The first-order valence-electron chi connectivity index (χ1n) is 8.95. The monoisotopic (exact) mass is 430 g/mol. The maximum Gasteiger partial charge on any atom is 0.328 e. The molecule has 156 valence electrons. The summed E-state index contributed by atoms with van der Waals surface area (Å²) in [5.41, 5.74) is 1.34. The Hall–Kier alpha value is -3.52. The number of nitrogens with one attached hydrogen (secondary N) is 2. The van der Waals surface area contributed by atoms with Crippen molar-refractivity contribution in [3.8, 4) is 17.2 Å². The number of ether oxygens (including phenoxy) is 3. The first-order valence-corrected chi connectivity index (χ1v) is 9.33. The number of aryl methyl sites for hydroxylation is 1. The molecule has 1 heterocycles. The van der Waals surface area contributed by atoms with Crippen LogP contribution in [0.3, 0.4) is 0 Å². The number of halogens is 1. The predicted molar refractivity (Wildman–Crippen MR) is 110 cm³/mol. The van der Waals surface area contributed by atoms with Crippen LogP contribution in [0.15, 0.2) is 42.0 Å². The van der Waals surface area contributed by atoms with Crippen LogP contribution in [0.25, 0.3) is 6.08 Å². The predicted octanol–water partition coefficient (Wildman–Crippen LogP) is 2.86. The minimum atomic E-state index is -0.866. The molecular formula is C21H19ClN2O6. The van der Waals surface area contributed by atoms with E-state index in [1.54, 1.807) is 6.07 Å². The summed E-state index contributed by atoms with van der Waals surface area (Å²) < 4.78 is 16.6. The third kappa shape index (κ3) is 5.09. The summed E-state index contributed by atoms with van der Waals surface area (Å²) in [6.45, 7) is 2.51. The van der Waals surface area contributed by atoms with Crippen LogP contribution in [-0.4, -0.2) is 38.2 Å². The lowest BCUT2D eigenvalue weighted by molar-refractivity contribution is -0.123. The van der Waals surface area contributed by atoms with Crippen LogP contribution in [-0.2, 0) is 9.59 Å². The summed E-state index contributed by atoms with van der Waals surface area (Å²) in [4.78, 5) is 34.9. The van der Waals surface area contributed by atoms with Crippen molar-refractivity contribution in [3.05, 3.63) is 58.1 Å². The van der Waals surface area contributed by atoms with Crippen molar-refractivity contribution in [1.29, 1.82) is 0 Å². The number of benzene rings is 2. The molecule has 1 saturated heterocycles. The molecule has 2 N–H and O–H groups in total. The lowest BCUT2D eigenvalue weighted by atomic mass is 10.1. The van der Waals surface area contributed by atoms with Crippen LogP contribution >= 0.6 is 11.6 Å². The Kier molecular flexibility index (Phi) is 6.58. The molecule has 30 heavy (non-hydrogen) atoms. The maximum absolute atomic E-state index is 11.9. The molecule has 0 radical (unpaired) electrons. The van der Waals surface area contributed by atoms with E-state index < -0.39 is 17.8 Å². The van der Waals surface area contributed by atoms with Gasteiger partial charge in [-0.25, -0.2) is 4.79 Å². The van der Waals surface area contributed by atoms with Crippen molar-refractivity contribution >= 4 is 35.5 Å². The molecule has 0 unspecified atom stereocenters. The molecule has 0 aliphatic carbocycles. The van der Waals surface area contributed by atoms with Gasteiger partial charge in [0.05, 0.1) is 12.1 Å². The van der Waals surface area contributed by atoms with E-state index in [1.807, 2.05) is 41.8 Å². The van der Waals surface area contributed by atoms with Gasteiger partial charge in [-0.05, 0) is 42.8 Å². The van der Waals surface area contributed by atoms with Gasteiger partial charge in [-0.1, -0.05) is 29.3 Å². The third-order valence-electron chi connectivity index (χ3n) is 4.13. The van der Waals surface area contributed by atoms with Gasteiger partial charge >= 0.3 is 6.03 Å². The van der Waals surface area contributed by atoms with Gasteiger partial charge in [0.15, 0.2) is 11.5 Å². The highest BCUT2D eigenvalue weighted by Crippen LogP contribution is 2.37. The van der Waals surface area contributed by atoms with Gasteiger partial charge in [0.2, 0.25) is 0 Å². The fourth-order valence-corrected chi connectivity index (χ4v) is 2.95. The van der Waals surface area contributed by atoms with Crippen LogP contribution in [0.1, 0.15) is 11.1 Å². The molecule has 1 fully saturated rings. The lowest BCUT2D eigenvalue weighted by Crippen LogP contribution is -2.51. The van der Waals surface area contributed by atoms with E-state index in [-0.39, 0.29) is 17.2 Å². The topological polar surface area (TPSA) is 103 Å². The number of imide groups is 2. The standard InChI is InChI=1S/C21H19ClN2O6/c1-12-3-5-14(6-4-12)29-7-8-30-18-16(22)10-13(11-17(18)28-2)9-15-19(25)23-21(27)24-20(15)26/h3-6,9-11H,7-8H2,1-2H3,(H2,23,24,25,26,27). The van der Waals surface area contributed by atoms with Gasteiger partial charge in [0.1, 0.15) is 24.5 Å². The minimum absolute atomic E-state index is 0.220. The van der Waals surface area contributed by atoms with Crippen LogP contribution in [0.2, 0.25) is 5.02 Å². The number of hydrogen-bond acceptors (Lipinski definition) is 6. The van der Waals surface area contributed by atoms with E-state index in [9.17, 15) is 14.4 Å². The van der Waals surface area contributed by atoms with E-state index in [4.69, 9.17) is 25.8 Å². The highest BCUT2D eigenvalue weighted by molar-refractivity contribution is 6.33. The van der Waals surface area contributed by atoms with Gasteiger partial charge in [-0.3, -0.25) is 20.2 Å². The van der Waals surface area contributed by atoms with Gasteiger partial charge in [0.25, 0.3) is 11.8 Å². The summed E-state index contributed by atoms with van der Waals surface area (Å²) >= 11 is 6.31. The van der Waals surface area contributed by atoms with Crippen molar-refractivity contribution in [3.63, 3.8) is 0 Å². The number of rotatable bonds is 7. The first kappa shape index (κ1) is 21.2. The number of urea groups is 1. The lowest BCUT2D eigenvalue weighted by Gasteiger charge is -2.16. The maximum atomic E-state index is 11.9. The fraction of sp³-hybridized carbons (Fsp3) is 0.190. The molecule has 2 aromatic carbocycles. The molecule has 2 aromatic rings. The normalized spacial score (nSPS) is 13.4. The molecule has 1 aliphatic rings. The third-order valence-corrected chi connectivity index (χ3v) is 4.41. The zero-order valence-electron chi connectivity index (χ0n) is 16.3. The zero-order chi connectivity index (χ0) is 21.7. The second kappa shape index (κ2) is 9.32. The Bertz CT molecular complexity index is 995. The average molecular weight is 431 g/mol.